The van der Waals surface area contributed by atoms with Gasteiger partial charge in [-0.1, -0.05) is 26.7 Å². The minimum atomic E-state index is 0.291. The number of rotatable bonds is 2. The molecule has 1 spiro atoms. The molecule has 0 aromatic carbocycles. The summed E-state index contributed by atoms with van der Waals surface area (Å²) in [7, 11) is 0. The van der Waals surface area contributed by atoms with Crippen molar-refractivity contribution in [2.75, 3.05) is 6.61 Å². The summed E-state index contributed by atoms with van der Waals surface area (Å²) in [5.74, 6) is 1.74. The Morgan fingerprint density at radius 1 is 1.06 bits per heavy atom. The van der Waals surface area contributed by atoms with Crippen LogP contribution in [0.1, 0.15) is 65.2 Å². The van der Waals surface area contributed by atoms with Gasteiger partial charge < -0.3 is 10.1 Å². The van der Waals surface area contributed by atoms with E-state index in [4.69, 9.17) is 4.74 Å². The van der Waals surface area contributed by atoms with Crippen LogP contribution in [0.2, 0.25) is 0 Å². The summed E-state index contributed by atoms with van der Waals surface area (Å²) in [4.78, 5) is 0. The predicted octanol–water partition coefficient (Wildman–Crippen LogP) is 3.50. The first-order valence-corrected chi connectivity index (χ1v) is 8.09. The highest BCUT2D eigenvalue weighted by molar-refractivity contribution is 4.97. The zero-order valence-corrected chi connectivity index (χ0v) is 12.1. The second-order valence-corrected chi connectivity index (χ2v) is 7.12. The van der Waals surface area contributed by atoms with Crippen LogP contribution in [0.4, 0.5) is 0 Å². The lowest BCUT2D eigenvalue weighted by atomic mass is 9.73. The summed E-state index contributed by atoms with van der Waals surface area (Å²) < 4.78 is 6.03. The largest absolute Gasteiger partial charge is 0.375 e. The van der Waals surface area contributed by atoms with Crippen LogP contribution in [0.5, 0.6) is 0 Å². The zero-order chi connectivity index (χ0) is 12.6. The van der Waals surface area contributed by atoms with Gasteiger partial charge in [0.15, 0.2) is 0 Å². The van der Waals surface area contributed by atoms with Gasteiger partial charge in [0.05, 0.1) is 5.60 Å². The Balaban J connectivity index is 1.55. The van der Waals surface area contributed by atoms with Crippen LogP contribution in [0, 0.1) is 11.8 Å². The van der Waals surface area contributed by atoms with Crippen molar-refractivity contribution in [1.29, 1.82) is 0 Å². The maximum Gasteiger partial charge on any atom is 0.0697 e. The molecule has 2 heteroatoms. The molecule has 3 rings (SSSR count). The minimum Gasteiger partial charge on any atom is -0.375 e. The van der Waals surface area contributed by atoms with Crippen molar-refractivity contribution in [3.05, 3.63) is 0 Å². The summed E-state index contributed by atoms with van der Waals surface area (Å²) in [6, 6.07) is 1.48. The smallest absolute Gasteiger partial charge is 0.0697 e. The van der Waals surface area contributed by atoms with Gasteiger partial charge in [-0.2, -0.15) is 0 Å². The van der Waals surface area contributed by atoms with Crippen LogP contribution < -0.4 is 5.32 Å². The summed E-state index contributed by atoms with van der Waals surface area (Å²) >= 11 is 0. The average Bonchev–Trinajstić information content (AvgIpc) is 2.34. The van der Waals surface area contributed by atoms with Crippen molar-refractivity contribution < 1.29 is 4.74 Å². The molecular formula is C16H29NO. The third-order valence-corrected chi connectivity index (χ3v) is 5.91. The molecule has 0 radical (unpaired) electrons. The fraction of sp³-hybridized carbons (Fsp3) is 1.00. The van der Waals surface area contributed by atoms with E-state index in [1.165, 1.54) is 51.4 Å². The predicted molar refractivity (Wildman–Crippen MR) is 74.7 cm³/mol. The fourth-order valence-electron chi connectivity index (χ4n) is 4.21. The molecular weight excluding hydrogens is 222 g/mol. The Bertz CT molecular complexity index is 287. The highest BCUT2D eigenvalue weighted by atomic mass is 16.5. The first-order chi connectivity index (χ1) is 8.69. The standard InChI is InChI=1S/C16H29NO/c1-12-5-3-6-15(13(12)2)17-14-7-10-18-16(11-14)8-4-9-16/h12-15,17H,3-11H2,1-2H3. The van der Waals surface area contributed by atoms with Crippen LogP contribution in [0.25, 0.3) is 0 Å². The molecule has 1 heterocycles. The molecule has 4 atom stereocenters. The van der Waals surface area contributed by atoms with Crippen LogP contribution in [0.3, 0.4) is 0 Å². The van der Waals surface area contributed by atoms with Gasteiger partial charge >= 0.3 is 0 Å². The van der Waals surface area contributed by atoms with Crippen molar-refractivity contribution >= 4 is 0 Å². The Kier molecular flexibility index (Phi) is 3.68. The van der Waals surface area contributed by atoms with Crippen LogP contribution >= 0.6 is 0 Å². The van der Waals surface area contributed by atoms with Crippen LogP contribution in [-0.4, -0.2) is 24.3 Å². The quantitative estimate of drug-likeness (QED) is 0.811. The SMILES string of the molecule is CC1CCCC(NC2CCOC3(CCC3)C2)C1C. The molecule has 1 aliphatic heterocycles. The maximum atomic E-state index is 6.03. The number of hydrogen-bond donors (Lipinski definition) is 1. The molecule has 3 fully saturated rings. The normalized spacial score (nSPS) is 43.7. The Morgan fingerprint density at radius 2 is 1.89 bits per heavy atom. The Labute approximate surface area is 112 Å². The second kappa shape index (κ2) is 5.13. The molecule has 1 saturated heterocycles. The Hall–Kier alpha value is -0.0800. The van der Waals surface area contributed by atoms with Crippen molar-refractivity contribution in [1.82, 2.24) is 5.32 Å². The number of ether oxygens (including phenoxy) is 1. The van der Waals surface area contributed by atoms with E-state index >= 15 is 0 Å². The molecule has 0 amide bonds. The molecule has 0 aromatic rings. The van der Waals surface area contributed by atoms with E-state index < -0.39 is 0 Å². The van der Waals surface area contributed by atoms with Crippen LogP contribution in [-0.2, 0) is 4.74 Å². The van der Waals surface area contributed by atoms with Crippen LogP contribution in [0.15, 0.2) is 0 Å². The van der Waals surface area contributed by atoms with E-state index in [9.17, 15) is 0 Å². The highest BCUT2D eigenvalue weighted by Crippen LogP contribution is 2.42. The van der Waals surface area contributed by atoms with Gasteiger partial charge in [0.25, 0.3) is 0 Å². The molecule has 1 N–H and O–H groups in total. The summed E-state index contributed by atoms with van der Waals surface area (Å²) in [6.07, 6.45) is 10.7. The van der Waals surface area contributed by atoms with Gasteiger partial charge in [0.1, 0.15) is 0 Å². The molecule has 18 heavy (non-hydrogen) atoms. The summed E-state index contributed by atoms with van der Waals surface area (Å²) in [5, 5.41) is 3.98. The van der Waals surface area contributed by atoms with Gasteiger partial charge in [-0.3, -0.25) is 0 Å². The van der Waals surface area contributed by atoms with Gasteiger partial charge in [0.2, 0.25) is 0 Å². The number of nitrogens with one attached hydrogen (secondary N) is 1. The van der Waals surface area contributed by atoms with Gasteiger partial charge in [0, 0.05) is 18.7 Å². The number of hydrogen-bond acceptors (Lipinski definition) is 2. The highest BCUT2D eigenvalue weighted by Gasteiger charge is 2.43. The first-order valence-electron chi connectivity index (χ1n) is 8.09. The van der Waals surface area contributed by atoms with Crippen molar-refractivity contribution in [2.45, 2.75) is 82.9 Å². The topological polar surface area (TPSA) is 21.3 Å². The van der Waals surface area contributed by atoms with Crippen molar-refractivity contribution in [2.24, 2.45) is 11.8 Å². The first kappa shape index (κ1) is 12.9. The summed E-state index contributed by atoms with van der Waals surface area (Å²) in [6.45, 7) is 5.85. The molecule has 0 aromatic heterocycles. The molecule has 2 nitrogen and oxygen atoms in total. The van der Waals surface area contributed by atoms with Gasteiger partial charge in [-0.05, 0) is 50.4 Å². The lowest BCUT2D eigenvalue weighted by Crippen LogP contribution is -2.54. The second-order valence-electron chi connectivity index (χ2n) is 7.12. The third-order valence-electron chi connectivity index (χ3n) is 5.91. The van der Waals surface area contributed by atoms with E-state index in [-0.39, 0.29) is 0 Å². The monoisotopic (exact) mass is 251 g/mol. The van der Waals surface area contributed by atoms with Gasteiger partial charge in [-0.25, -0.2) is 0 Å². The average molecular weight is 251 g/mol. The molecule has 3 aliphatic rings. The Morgan fingerprint density at radius 3 is 2.61 bits per heavy atom. The van der Waals surface area contributed by atoms with E-state index in [1.54, 1.807) is 0 Å². The maximum absolute atomic E-state index is 6.03. The molecule has 0 bridgehead atoms. The fourth-order valence-corrected chi connectivity index (χ4v) is 4.21. The lowest BCUT2D eigenvalue weighted by molar-refractivity contribution is -0.137. The minimum absolute atomic E-state index is 0.291. The van der Waals surface area contributed by atoms with Gasteiger partial charge in [-0.15, -0.1) is 0 Å². The van der Waals surface area contributed by atoms with E-state index in [1.807, 2.05) is 0 Å². The van der Waals surface area contributed by atoms with E-state index in [0.29, 0.717) is 5.60 Å². The summed E-state index contributed by atoms with van der Waals surface area (Å²) in [5.41, 5.74) is 0.291. The van der Waals surface area contributed by atoms with E-state index in [2.05, 4.69) is 19.2 Å². The third kappa shape index (κ3) is 2.46. The lowest BCUT2D eigenvalue weighted by Gasteiger charge is -2.48. The molecule has 2 saturated carbocycles. The molecule has 104 valence electrons. The van der Waals surface area contributed by atoms with Crippen molar-refractivity contribution in [3.8, 4) is 0 Å². The zero-order valence-electron chi connectivity index (χ0n) is 12.1. The van der Waals surface area contributed by atoms with Crippen molar-refractivity contribution in [3.63, 3.8) is 0 Å². The molecule has 2 aliphatic carbocycles. The molecule has 4 unspecified atom stereocenters. The van der Waals surface area contributed by atoms with E-state index in [0.717, 1.165) is 30.5 Å².